The average Bonchev–Trinajstić information content (AvgIpc) is 3.35. The summed E-state index contributed by atoms with van der Waals surface area (Å²) in [5, 5.41) is 3.24. The van der Waals surface area contributed by atoms with Crippen LogP contribution in [0.1, 0.15) is 28.8 Å². The molecule has 0 saturated carbocycles. The van der Waals surface area contributed by atoms with Crippen LogP contribution in [-0.2, 0) is 9.53 Å². The molecule has 170 valence electrons. The maximum atomic E-state index is 12.4. The number of carbonyl (C=O) groups excluding carboxylic acids is 2. The van der Waals surface area contributed by atoms with Crippen molar-refractivity contribution in [3.05, 3.63) is 76.2 Å². The first-order valence-corrected chi connectivity index (χ1v) is 10.5. The molecular weight excluding hydrogens is 426 g/mol. The molecule has 0 aliphatic carbocycles. The summed E-state index contributed by atoms with van der Waals surface area (Å²) in [7, 11) is 1.58. The van der Waals surface area contributed by atoms with Crippen molar-refractivity contribution >= 4 is 28.9 Å². The minimum absolute atomic E-state index is 0.0301. The number of carbonyl (C=O) groups is 2. The van der Waals surface area contributed by atoms with Crippen LogP contribution in [0, 0.1) is 0 Å². The van der Waals surface area contributed by atoms with Crippen LogP contribution in [0.3, 0.4) is 0 Å². The normalized spacial score (nSPS) is 15.6. The zero-order valence-corrected chi connectivity index (χ0v) is 18.0. The summed E-state index contributed by atoms with van der Waals surface area (Å²) >= 11 is 0. The van der Waals surface area contributed by atoms with Crippen molar-refractivity contribution in [2.24, 2.45) is 0 Å². The highest BCUT2D eigenvalue weighted by atomic mass is 16.5. The van der Waals surface area contributed by atoms with E-state index in [0.29, 0.717) is 18.5 Å². The molecule has 1 amide bonds. The number of methoxy groups -OCH3 is 1. The number of hydrogen-bond acceptors (Lipinski definition) is 7. The van der Waals surface area contributed by atoms with Crippen molar-refractivity contribution in [1.82, 2.24) is 5.32 Å². The predicted octanol–water partition coefficient (Wildman–Crippen LogP) is 3.33. The quantitative estimate of drug-likeness (QED) is 0.255. The van der Waals surface area contributed by atoms with Gasteiger partial charge in [-0.15, -0.1) is 0 Å². The Morgan fingerprint density at radius 1 is 1.12 bits per heavy atom. The number of esters is 1. The smallest absolute Gasteiger partial charge is 0.349 e. The molecule has 8 nitrogen and oxygen atoms in total. The summed E-state index contributed by atoms with van der Waals surface area (Å²) in [6.45, 7) is 1.03. The van der Waals surface area contributed by atoms with Gasteiger partial charge in [0.25, 0.3) is 5.91 Å². The molecule has 0 bridgehead atoms. The lowest BCUT2D eigenvalue weighted by atomic mass is 10.1. The van der Waals surface area contributed by atoms with Gasteiger partial charge in [-0.1, -0.05) is 12.1 Å². The number of fused-ring (bicyclic) bond motifs is 1. The van der Waals surface area contributed by atoms with Crippen molar-refractivity contribution in [3.8, 4) is 11.5 Å². The van der Waals surface area contributed by atoms with Crippen LogP contribution in [0.25, 0.3) is 17.0 Å². The predicted molar refractivity (Wildman–Crippen MR) is 121 cm³/mol. The number of benzene rings is 2. The van der Waals surface area contributed by atoms with Crippen LogP contribution in [0.2, 0.25) is 0 Å². The summed E-state index contributed by atoms with van der Waals surface area (Å²) < 4.78 is 21.2. The lowest BCUT2D eigenvalue weighted by Gasteiger charge is -2.10. The fourth-order valence-electron chi connectivity index (χ4n) is 3.45. The van der Waals surface area contributed by atoms with Gasteiger partial charge in [0.05, 0.1) is 13.2 Å². The molecule has 8 heteroatoms. The van der Waals surface area contributed by atoms with E-state index in [0.717, 1.165) is 24.2 Å². The third-order valence-electron chi connectivity index (χ3n) is 5.21. The van der Waals surface area contributed by atoms with E-state index in [1.54, 1.807) is 37.5 Å². The zero-order valence-electron chi connectivity index (χ0n) is 18.0. The molecule has 1 unspecified atom stereocenters. The third-order valence-corrected chi connectivity index (χ3v) is 5.21. The topological polar surface area (TPSA) is 104 Å². The maximum Gasteiger partial charge on any atom is 0.349 e. The minimum atomic E-state index is -0.768. The Bertz CT molecular complexity index is 1240. The van der Waals surface area contributed by atoms with E-state index < -0.39 is 17.5 Å². The van der Waals surface area contributed by atoms with Gasteiger partial charge in [0, 0.05) is 30.7 Å². The van der Waals surface area contributed by atoms with Gasteiger partial charge < -0.3 is 23.9 Å². The Morgan fingerprint density at radius 2 is 1.91 bits per heavy atom. The van der Waals surface area contributed by atoms with Crippen LogP contribution in [-0.4, -0.2) is 38.2 Å². The lowest BCUT2D eigenvalue weighted by molar-refractivity contribution is -0.128. The van der Waals surface area contributed by atoms with Crippen molar-refractivity contribution in [3.63, 3.8) is 0 Å². The van der Waals surface area contributed by atoms with Crippen LogP contribution in [0.5, 0.6) is 11.5 Å². The Kier molecular flexibility index (Phi) is 6.85. The molecule has 4 rings (SSSR count). The van der Waals surface area contributed by atoms with Gasteiger partial charge in [0.15, 0.2) is 0 Å². The largest absolute Gasteiger partial charge is 0.497 e. The van der Waals surface area contributed by atoms with Crippen LogP contribution >= 0.6 is 0 Å². The summed E-state index contributed by atoms with van der Waals surface area (Å²) in [5.41, 5.74) is 0.158. The van der Waals surface area contributed by atoms with Gasteiger partial charge in [0.1, 0.15) is 22.6 Å². The fourth-order valence-corrected chi connectivity index (χ4v) is 3.45. The fraction of sp³-hybridized carbons (Fsp3) is 0.240. The molecule has 1 aromatic heterocycles. The molecule has 1 aliphatic rings. The highest BCUT2D eigenvalue weighted by molar-refractivity contribution is 5.97. The van der Waals surface area contributed by atoms with Gasteiger partial charge in [0.2, 0.25) is 0 Å². The Morgan fingerprint density at radius 3 is 2.64 bits per heavy atom. The van der Waals surface area contributed by atoms with Crippen molar-refractivity contribution < 1.29 is 28.2 Å². The molecule has 2 heterocycles. The molecule has 33 heavy (non-hydrogen) atoms. The zero-order chi connectivity index (χ0) is 23.2. The van der Waals surface area contributed by atoms with E-state index in [1.807, 2.05) is 12.1 Å². The highest BCUT2D eigenvalue weighted by Crippen LogP contribution is 2.21. The molecule has 1 aliphatic heterocycles. The van der Waals surface area contributed by atoms with Gasteiger partial charge in [-0.3, -0.25) is 4.79 Å². The second-order valence-electron chi connectivity index (χ2n) is 7.52. The first-order chi connectivity index (χ1) is 16.0. The second-order valence-corrected chi connectivity index (χ2v) is 7.52. The number of amides is 1. The van der Waals surface area contributed by atoms with Crippen LogP contribution in [0.15, 0.2) is 63.8 Å². The van der Waals surface area contributed by atoms with E-state index in [4.69, 9.17) is 18.6 Å². The summed E-state index contributed by atoms with van der Waals surface area (Å²) in [5.74, 6) is -0.167. The second kappa shape index (κ2) is 10.1. The molecule has 1 atom stereocenters. The van der Waals surface area contributed by atoms with E-state index in [1.165, 1.54) is 18.2 Å². The highest BCUT2D eigenvalue weighted by Gasteiger charge is 2.19. The Labute approximate surface area is 189 Å². The van der Waals surface area contributed by atoms with Crippen molar-refractivity contribution in [1.29, 1.82) is 0 Å². The third kappa shape index (κ3) is 5.67. The summed E-state index contributed by atoms with van der Waals surface area (Å²) in [4.78, 5) is 36.9. The van der Waals surface area contributed by atoms with E-state index in [-0.39, 0.29) is 23.0 Å². The number of ether oxygens (including phenoxy) is 3. The minimum Gasteiger partial charge on any atom is -0.497 e. The van der Waals surface area contributed by atoms with Gasteiger partial charge in [-0.2, -0.15) is 0 Å². The van der Waals surface area contributed by atoms with Gasteiger partial charge in [-0.25, -0.2) is 9.59 Å². The summed E-state index contributed by atoms with van der Waals surface area (Å²) in [6.07, 6.45) is 4.72. The molecule has 2 aromatic carbocycles. The van der Waals surface area contributed by atoms with Gasteiger partial charge >= 0.3 is 11.6 Å². The average molecular weight is 449 g/mol. The number of hydrogen-bond donors (Lipinski definition) is 1. The standard InChI is InChI=1S/C25H23NO7/c1-30-18-8-4-16(5-9-18)6-11-23(27)32-19-10-7-17-13-21(25(29)33-22(17)14-19)24(28)26-15-20-3-2-12-31-20/h4-11,13-14,20H,2-3,12,15H2,1H3,(H,26,28)/b11-6+. The van der Waals surface area contributed by atoms with E-state index in [9.17, 15) is 14.4 Å². The summed E-state index contributed by atoms with van der Waals surface area (Å²) in [6, 6.07) is 13.3. The maximum absolute atomic E-state index is 12.4. The molecule has 1 saturated heterocycles. The lowest BCUT2D eigenvalue weighted by Crippen LogP contribution is -2.34. The van der Waals surface area contributed by atoms with E-state index in [2.05, 4.69) is 5.32 Å². The van der Waals surface area contributed by atoms with Crippen molar-refractivity contribution in [2.75, 3.05) is 20.3 Å². The first-order valence-electron chi connectivity index (χ1n) is 10.5. The van der Waals surface area contributed by atoms with Gasteiger partial charge in [-0.05, 0) is 54.8 Å². The number of rotatable bonds is 7. The van der Waals surface area contributed by atoms with Crippen LogP contribution in [0.4, 0.5) is 0 Å². The monoisotopic (exact) mass is 449 g/mol. The van der Waals surface area contributed by atoms with Crippen molar-refractivity contribution in [2.45, 2.75) is 18.9 Å². The first kappa shape index (κ1) is 22.3. The molecule has 1 N–H and O–H groups in total. The Balaban J connectivity index is 1.42. The Hall–Kier alpha value is -3.91. The van der Waals surface area contributed by atoms with Crippen LogP contribution < -0.4 is 20.4 Å². The molecule has 3 aromatic rings. The SMILES string of the molecule is COc1ccc(/C=C/C(=O)Oc2ccc3cc(C(=O)NCC4CCCO4)c(=O)oc3c2)cc1. The molecular formula is C25H23NO7. The molecule has 0 radical (unpaired) electrons. The van der Waals surface area contributed by atoms with E-state index >= 15 is 0 Å². The molecule has 0 spiro atoms. The number of nitrogens with one attached hydrogen (secondary N) is 1. The molecule has 1 fully saturated rings.